The molecule has 172 valence electrons. The summed E-state index contributed by atoms with van der Waals surface area (Å²) in [5.74, 6) is -0.181. The summed E-state index contributed by atoms with van der Waals surface area (Å²) in [5, 5.41) is 3.61. The maximum Gasteiger partial charge on any atom is 0.241 e. The number of anilines is 1. The zero-order chi connectivity index (χ0) is 23.5. The van der Waals surface area contributed by atoms with E-state index in [1.807, 2.05) is 61.2 Å². The van der Waals surface area contributed by atoms with E-state index in [-0.39, 0.29) is 23.4 Å². The normalized spacial score (nSPS) is 15.4. The lowest BCUT2D eigenvalue weighted by Crippen LogP contribution is -2.54. The molecule has 0 aliphatic carbocycles. The van der Waals surface area contributed by atoms with Crippen molar-refractivity contribution >= 4 is 34.3 Å². The third-order valence-electron chi connectivity index (χ3n) is 6.36. The van der Waals surface area contributed by atoms with Crippen LogP contribution >= 0.6 is 0 Å². The molecule has 1 fully saturated rings. The van der Waals surface area contributed by atoms with Gasteiger partial charge in [0.1, 0.15) is 5.58 Å². The fraction of sp³-hybridized carbons (Fsp3) is 0.346. The van der Waals surface area contributed by atoms with Crippen molar-refractivity contribution in [3.05, 3.63) is 65.4 Å². The third kappa shape index (κ3) is 4.83. The van der Waals surface area contributed by atoms with Crippen molar-refractivity contribution in [1.29, 1.82) is 0 Å². The van der Waals surface area contributed by atoms with Crippen molar-refractivity contribution in [3.8, 4) is 0 Å². The van der Waals surface area contributed by atoms with E-state index in [9.17, 15) is 14.4 Å². The first kappa shape index (κ1) is 22.7. The van der Waals surface area contributed by atoms with E-state index in [1.165, 1.54) is 6.92 Å². The summed E-state index contributed by atoms with van der Waals surface area (Å²) in [7, 11) is 0. The molecule has 1 saturated heterocycles. The Morgan fingerprint density at radius 2 is 1.67 bits per heavy atom. The Hall–Kier alpha value is -3.45. The lowest BCUT2D eigenvalue weighted by atomic mass is 10.0. The van der Waals surface area contributed by atoms with Gasteiger partial charge in [0.15, 0.2) is 11.5 Å². The molecule has 1 N–H and O–H groups in total. The summed E-state index contributed by atoms with van der Waals surface area (Å²) in [6, 6.07) is 14.8. The monoisotopic (exact) mass is 447 g/mol. The van der Waals surface area contributed by atoms with Crippen LogP contribution in [0.3, 0.4) is 0 Å². The molecule has 3 aromatic rings. The summed E-state index contributed by atoms with van der Waals surface area (Å²) in [6.45, 7) is 7.66. The predicted octanol–water partition coefficient (Wildman–Crippen LogP) is 3.66. The number of ketones is 1. The molecule has 0 saturated carbocycles. The molecule has 0 bridgehead atoms. The summed E-state index contributed by atoms with van der Waals surface area (Å²) in [5.41, 5.74) is 3.14. The zero-order valence-electron chi connectivity index (χ0n) is 19.3. The number of carbonyl (C=O) groups is 3. The van der Waals surface area contributed by atoms with Crippen LogP contribution in [0.4, 0.5) is 5.69 Å². The molecule has 1 aliphatic rings. The fourth-order valence-electron chi connectivity index (χ4n) is 4.25. The van der Waals surface area contributed by atoms with Crippen LogP contribution < -0.4 is 5.32 Å². The van der Waals surface area contributed by atoms with Crippen LogP contribution in [0.1, 0.15) is 35.5 Å². The number of para-hydroxylation sites is 1. The maximum absolute atomic E-state index is 13.0. The molecular formula is C26H29N3O4. The number of rotatable bonds is 6. The standard InChI is InChI=1S/C26H29N3O4/c1-17-8-4-5-9-20(17)16-23(31)29-14-12-28(13-15-29)18(2)26(32)27-24-21-10-6-7-11-22(21)33-25(24)19(3)30/h4-11,18H,12-16H2,1-3H3,(H,27,32). The number of Topliss-reactive ketones (excluding diaryl/α,β-unsaturated/α-hetero) is 1. The Morgan fingerprint density at radius 3 is 2.36 bits per heavy atom. The van der Waals surface area contributed by atoms with Crippen LogP contribution in [0.15, 0.2) is 52.9 Å². The Bertz CT molecular complexity index is 1190. The predicted molar refractivity (Wildman–Crippen MR) is 127 cm³/mol. The largest absolute Gasteiger partial charge is 0.451 e. The van der Waals surface area contributed by atoms with Gasteiger partial charge in [0.2, 0.25) is 11.8 Å². The quantitative estimate of drug-likeness (QED) is 0.583. The number of piperazine rings is 1. The summed E-state index contributed by atoms with van der Waals surface area (Å²) in [6.07, 6.45) is 0.393. The molecule has 2 heterocycles. The molecule has 2 aromatic carbocycles. The molecule has 33 heavy (non-hydrogen) atoms. The first-order valence-electron chi connectivity index (χ1n) is 11.2. The first-order chi connectivity index (χ1) is 15.8. The topological polar surface area (TPSA) is 82.9 Å². The van der Waals surface area contributed by atoms with E-state index in [0.717, 1.165) is 11.1 Å². The second-order valence-corrected chi connectivity index (χ2v) is 8.54. The number of benzene rings is 2. The number of hydrogen-bond acceptors (Lipinski definition) is 5. The van der Waals surface area contributed by atoms with E-state index in [1.54, 1.807) is 6.07 Å². The first-order valence-corrected chi connectivity index (χ1v) is 11.2. The van der Waals surface area contributed by atoms with Gasteiger partial charge in [-0.15, -0.1) is 0 Å². The summed E-state index contributed by atoms with van der Waals surface area (Å²) >= 11 is 0. The SMILES string of the molecule is CC(=O)c1oc2ccccc2c1NC(=O)C(C)N1CCN(C(=O)Cc2ccccc2C)CC1. The Labute approximate surface area is 193 Å². The van der Waals surface area contributed by atoms with Crippen molar-refractivity contribution in [2.45, 2.75) is 33.2 Å². The molecular weight excluding hydrogens is 418 g/mol. The fourth-order valence-corrected chi connectivity index (χ4v) is 4.25. The van der Waals surface area contributed by atoms with E-state index >= 15 is 0 Å². The van der Waals surface area contributed by atoms with Gasteiger partial charge < -0.3 is 14.6 Å². The number of nitrogens with zero attached hydrogens (tertiary/aromatic N) is 2. The van der Waals surface area contributed by atoms with E-state index in [2.05, 4.69) is 10.2 Å². The van der Waals surface area contributed by atoms with Gasteiger partial charge in [-0.3, -0.25) is 19.3 Å². The smallest absolute Gasteiger partial charge is 0.241 e. The molecule has 0 spiro atoms. The van der Waals surface area contributed by atoms with Crippen molar-refractivity contribution in [1.82, 2.24) is 9.80 Å². The van der Waals surface area contributed by atoms with Crippen LogP contribution in [-0.2, 0) is 16.0 Å². The van der Waals surface area contributed by atoms with Gasteiger partial charge in [-0.05, 0) is 37.1 Å². The van der Waals surface area contributed by atoms with Crippen molar-refractivity contribution in [3.63, 3.8) is 0 Å². The van der Waals surface area contributed by atoms with Gasteiger partial charge in [-0.1, -0.05) is 36.4 Å². The number of fused-ring (bicyclic) bond motifs is 1. The van der Waals surface area contributed by atoms with Crippen molar-refractivity contribution < 1.29 is 18.8 Å². The molecule has 7 heteroatoms. The summed E-state index contributed by atoms with van der Waals surface area (Å²) < 4.78 is 5.66. The molecule has 7 nitrogen and oxygen atoms in total. The Kier molecular flexibility index (Phi) is 6.60. The van der Waals surface area contributed by atoms with Crippen LogP contribution in [-0.4, -0.2) is 59.6 Å². The molecule has 1 aliphatic heterocycles. The van der Waals surface area contributed by atoms with E-state index in [4.69, 9.17) is 4.42 Å². The average Bonchev–Trinajstić information content (AvgIpc) is 3.19. The van der Waals surface area contributed by atoms with Gasteiger partial charge in [-0.2, -0.15) is 0 Å². The van der Waals surface area contributed by atoms with Crippen LogP contribution in [0.25, 0.3) is 11.0 Å². The van der Waals surface area contributed by atoms with Gasteiger partial charge in [0.25, 0.3) is 0 Å². The Balaban J connectivity index is 1.38. The molecule has 1 aromatic heterocycles. The maximum atomic E-state index is 13.0. The van der Waals surface area contributed by atoms with Crippen molar-refractivity contribution in [2.24, 2.45) is 0 Å². The highest BCUT2D eigenvalue weighted by Crippen LogP contribution is 2.31. The highest BCUT2D eigenvalue weighted by Gasteiger charge is 2.29. The number of carbonyl (C=O) groups excluding carboxylic acids is 3. The van der Waals surface area contributed by atoms with Gasteiger partial charge in [-0.25, -0.2) is 0 Å². The van der Waals surface area contributed by atoms with Crippen LogP contribution in [0.5, 0.6) is 0 Å². The minimum atomic E-state index is -0.410. The molecule has 1 unspecified atom stereocenters. The van der Waals surface area contributed by atoms with Gasteiger partial charge >= 0.3 is 0 Å². The lowest BCUT2D eigenvalue weighted by molar-refractivity contribution is -0.133. The van der Waals surface area contributed by atoms with Crippen molar-refractivity contribution in [2.75, 3.05) is 31.5 Å². The number of aryl methyl sites for hydroxylation is 1. The zero-order valence-corrected chi connectivity index (χ0v) is 19.3. The van der Waals surface area contributed by atoms with Gasteiger partial charge in [0.05, 0.1) is 18.2 Å². The number of nitrogens with one attached hydrogen (secondary N) is 1. The molecule has 2 amide bonds. The lowest BCUT2D eigenvalue weighted by Gasteiger charge is -2.37. The molecule has 4 rings (SSSR count). The van der Waals surface area contributed by atoms with E-state index in [0.29, 0.717) is 49.3 Å². The minimum Gasteiger partial charge on any atom is -0.451 e. The summed E-state index contributed by atoms with van der Waals surface area (Å²) in [4.78, 5) is 41.8. The van der Waals surface area contributed by atoms with Crippen LogP contribution in [0, 0.1) is 6.92 Å². The number of hydrogen-bond donors (Lipinski definition) is 1. The van der Waals surface area contributed by atoms with E-state index < -0.39 is 6.04 Å². The second kappa shape index (κ2) is 9.58. The average molecular weight is 448 g/mol. The molecule has 0 radical (unpaired) electrons. The Morgan fingerprint density at radius 1 is 1.00 bits per heavy atom. The number of furan rings is 1. The highest BCUT2D eigenvalue weighted by molar-refractivity contribution is 6.11. The van der Waals surface area contributed by atoms with Crippen LogP contribution in [0.2, 0.25) is 0 Å². The highest BCUT2D eigenvalue weighted by atomic mass is 16.3. The third-order valence-corrected chi connectivity index (χ3v) is 6.36. The minimum absolute atomic E-state index is 0.108. The molecule has 1 atom stereocenters. The number of amides is 2. The van der Waals surface area contributed by atoms with Gasteiger partial charge in [0, 0.05) is 38.5 Å². The second-order valence-electron chi connectivity index (χ2n) is 8.54.